The Morgan fingerprint density at radius 2 is 1.90 bits per heavy atom. The number of pyridine rings is 1. The average Bonchev–Trinajstić information content (AvgIpc) is 2.51. The van der Waals surface area contributed by atoms with Crippen LogP contribution in [-0.4, -0.2) is 15.0 Å². The Morgan fingerprint density at radius 1 is 1.10 bits per heavy atom. The summed E-state index contributed by atoms with van der Waals surface area (Å²) in [6.07, 6.45) is 5.12. The van der Waals surface area contributed by atoms with Gasteiger partial charge in [-0.15, -0.1) is 0 Å². The van der Waals surface area contributed by atoms with E-state index in [2.05, 4.69) is 30.9 Å². The number of ether oxygens (including phenoxy) is 1. The maximum atomic E-state index is 6.14. The highest BCUT2D eigenvalue weighted by Gasteiger charge is 2.09. The first-order valence-corrected chi connectivity index (χ1v) is 7.36. The van der Waals surface area contributed by atoms with Gasteiger partial charge < -0.3 is 4.74 Å². The number of benzene rings is 1. The molecule has 0 amide bonds. The van der Waals surface area contributed by atoms with Crippen LogP contribution in [0.4, 0.5) is 0 Å². The molecule has 3 aromatic rings. The first-order chi connectivity index (χ1) is 9.78. The Hall–Kier alpha value is -1.72. The molecule has 3 rings (SSSR count). The van der Waals surface area contributed by atoms with Gasteiger partial charge in [-0.2, -0.15) is 0 Å². The van der Waals surface area contributed by atoms with Crippen molar-refractivity contribution in [3.63, 3.8) is 0 Å². The molecule has 0 aliphatic carbocycles. The smallest absolute Gasteiger partial charge is 0.321 e. The van der Waals surface area contributed by atoms with Crippen LogP contribution in [0.15, 0.2) is 42.9 Å². The SMILES string of the molecule is Clc1ccc(Oc2ncc(CBr)cn2)c2ncccc12. The minimum absolute atomic E-state index is 0.281. The summed E-state index contributed by atoms with van der Waals surface area (Å²) in [5.74, 6) is 0.580. The van der Waals surface area contributed by atoms with E-state index in [1.54, 1.807) is 30.7 Å². The summed E-state index contributed by atoms with van der Waals surface area (Å²) < 4.78 is 5.69. The quantitative estimate of drug-likeness (QED) is 0.658. The van der Waals surface area contributed by atoms with Crippen molar-refractivity contribution in [1.82, 2.24) is 15.0 Å². The second-order valence-electron chi connectivity index (χ2n) is 4.05. The van der Waals surface area contributed by atoms with Gasteiger partial charge in [-0.3, -0.25) is 4.98 Å². The largest absolute Gasteiger partial charge is 0.422 e. The molecule has 0 spiro atoms. The van der Waals surface area contributed by atoms with Gasteiger partial charge in [0, 0.05) is 29.3 Å². The van der Waals surface area contributed by atoms with Gasteiger partial charge in [-0.25, -0.2) is 9.97 Å². The highest BCUT2D eigenvalue weighted by atomic mass is 79.9. The normalized spacial score (nSPS) is 10.7. The number of rotatable bonds is 3. The zero-order valence-corrected chi connectivity index (χ0v) is 12.6. The maximum absolute atomic E-state index is 6.14. The molecule has 100 valence electrons. The summed E-state index contributed by atoms with van der Waals surface area (Å²) in [4.78, 5) is 12.6. The Kier molecular flexibility index (Phi) is 3.80. The van der Waals surface area contributed by atoms with Crippen LogP contribution in [0.1, 0.15) is 5.56 Å². The maximum Gasteiger partial charge on any atom is 0.321 e. The third-order valence-electron chi connectivity index (χ3n) is 2.72. The number of nitrogens with zero attached hydrogens (tertiary/aromatic N) is 3. The lowest BCUT2D eigenvalue weighted by molar-refractivity contribution is 0.445. The Morgan fingerprint density at radius 3 is 2.65 bits per heavy atom. The molecule has 0 atom stereocenters. The van der Waals surface area contributed by atoms with Crippen molar-refractivity contribution in [3.05, 3.63) is 53.4 Å². The lowest BCUT2D eigenvalue weighted by Gasteiger charge is -2.07. The highest BCUT2D eigenvalue weighted by Crippen LogP contribution is 2.31. The van der Waals surface area contributed by atoms with Gasteiger partial charge in [0.25, 0.3) is 0 Å². The lowest BCUT2D eigenvalue weighted by atomic mass is 10.2. The van der Waals surface area contributed by atoms with E-state index >= 15 is 0 Å². The molecule has 0 aliphatic heterocycles. The van der Waals surface area contributed by atoms with Crippen molar-refractivity contribution in [2.45, 2.75) is 5.33 Å². The fraction of sp³-hybridized carbons (Fsp3) is 0.0714. The fourth-order valence-electron chi connectivity index (χ4n) is 1.76. The van der Waals surface area contributed by atoms with E-state index in [4.69, 9.17) is 16.3 Å². The number of alkyl halides is 1. The monoisotopic (exact) mass is 349 g/mol. The lowest BCUT2D eigenvalue weighted by Crippen LogP contribution is -1.94. The van der Waals surface area contributed by atoms with E-state index in [0.717, 1.165) is 10.9 Å². The number of hydrogen-bond acceptors (Lipinski definition) is 4. The number of halogens is 2. The molecule has 0 radical (unpaired) electrons. The molecule has 4 nitrogen and oxygen atoms in total. The Labute approximate surface area is 128 Å². The molecule has 0 saturated heterocycles. The zero-order valence-electron chi connectivity index (χ0n) is 10.3. The number of hydrogen-bond donors (Lipinski definition) is 0. The summed E-state index contributed by atoms with van der Waals surface area (Å²) >= 11 is 9.48. The molecule has 6 heteroatoms. The van der Waals surface area contributed by atoms with Crippen LogP contribution in [-0.2, 0) is 5.33 Å². The predicted octanol–water partition coefficient (Wildman–Crippen LogP) is 4.37. The Bertz CT molecular complexity index is 749. The van der Waals surface area contributed by atoms with Crippen LogP contribution < -0.4 is 4.74 Å². The third kappa shape index (κ3) is 2.59. The van der Waals surface area contributed by atoms with Crippen LogP contribution in [0.25, 0.3) is 10.9 Å². The van der Waals surface area contributed by atoms with E-state index in [-0.39, 0.29) is 6.01 Å². The van der Waals surface area contributed by atoms with Gasteiger partial charge in [0.2, 0.25) is 0 Å². The van der Waals surface area contributed by atoms with Crippen LogP contribution in [0.3, 0.4) is 0 Å². The summed E-state index contributed by atoms with van der Waals surface area (Å²) in [7, 11) is 0. The van der Waals surface area contributed by atoms with Crippen molar-refractivity contribution in [1.29, 1.82) is 0 Å². The molecular formula is C14H9BrClN3O. The molecular weight excluding hydrogens is 342 g/mol. The molecule has 0 bridgehead atoms. The second-order valence-corrected chi connectivity index (χ2v) is 5.02. The zero-order chi connectivity index (χ0) is 13.9. The van der Waals surface area contributed by atoms with E-state index in [1.807, 2.05) is 12.1 Å². The van der Waals surface area contributed by atoms with Gasteiger partial charge in [0.15, 0.2) is 5.75 Å². The summed E-state index contributed by atoms with van der Waals surface area (Å²) in [5.41, 5.74) is 1.67. The summed E-state index contributed by atoms with van der Waals surface area (Å²) in [5, 5.41) is 2.18. The summed E-state index contributed by atoms with van der Waals surface area (Å²) in [6, 6.07) is 7.54. The van der Waals surface area contributed by atoms with E-state index in [1.165, 1.54) is 0 Å². The van der Waals surface area contributed by atoms with Crippen LogP contribution in [0.5, 0.6) is 11.8 Å². The molecule has 2 aromatic heterocycles. The van der Waals surface area contributed by atoms with Crippen molar-refractivity contribution in [2.75, 3.05) is 0 Å². The number of aromatic nitrogens is 3. The van der Waals surface area contributed by atoms with Gasteiger partial charge in [-0.1, -0.05) is 27.5 Å². The van der Waals surface area contributed by atoms with Gasteiger partial charge >= 0.3 is 6.01 Å². The number of fused-ring (bicyclic) bond motifs is 1. The summed E-state index contributed by atoms with van der Waals surface area (Å²) in [6.45, 7) is 0. The van der Waals surface area contributed by atoms with E-state index < -0.39 is 0 Å². The van der Waals surface area contributed by atoms with E-state index in [9.17, 15) is 0 Å². The molecule has 2 heterocycles. The topological polar surface area (TPSA) is 47.9 Å². The molecule has 0 fully saturated rings. The van der Waals surface area contributed by atoms with Crippen molar-refractivity contribution < 1.29 is 4.74 Å². The molecule has 0 aliphatic rings. The second kappa shape index (κ2) is 5.73. The van der Waals surface area contributed by atoms with Crippen molar-refractivity contribution in [2.24, 2.45) is 0 Å². The Balaban J connectivity index is 2.00. The molecule has 0 saturated carbocycles. The molecule has 0 N–H and O–H groups in total. The predicted molar refractivity (Wildman–Crippen MR) is 81.5 cm³/mol. The van der Waals surface area contributed by atoms with Crippen LogP contribution >= 0.6 is 27.5 Å². The standard InChI is InChI=1S/C14H9BrClN3O/c15-6-9-7-18-14(19-8-9)20-12-4-3-11(16)10-2-1-5-17-13(10)12/h1-5,7-8H,6H2. The van der Waals surface area contributed by atoms with Crippen molar-refractivity contribution in [3.8, 4) is 11.8 Å². The van der Waals surface area contributed by atoms with Crippen LogP contribution in [0.2, 0.25) is 5.02 Å². The van der Waals surface area contributed by atoms with Gasteiger partial charge in [0.05, 0.1) is 5.02 Å². The average molecular weight is 351 g/mol. The minimum atomic E-state index is 0.281. The minimum Gasteiger partial charge on any atom is -0.422 e. The first-order valence-electron chi connectivity index (χ1n) is 5.86. The van der Waals surface area contributed by atoms with Crippen molar-refractivity contribution >= 4 is 38.4 Å². The fourth-order valence-corrected chi connectivity index (χ4v) is 2.26. The molecule has 0 unspecified atom stereocenters. The molecule has 20 heavy (non-hydrogen) atoms. The van der Waals surface area contributed by atoms with Crippen LogP contribution in [0, 0.1) is 0 Å². The van der Waals surface area contributed by atoms with Gasteiger partial charge in [-0.05, 0) is 29.8 Å². The highest BCUT2D eigenvalue weighted by molar-refractivity contribution is 9.08. The van der Waals surface area contributed by atoms with E-state index in [0.29, 0.717) is 21.6 Å². The third-order valence-corrected chi connectivity index (χ3v) is 3.69. The molecule has 1 aromatic carbocycles. The first kappa shape index (κ1) is 13.3. The van der Waals surface area contributed by atoms with Gasteiger partial charge in [0.1, 0.15) is 5.52 Å².